The first-order chi connectivity index (χ1) is 8.65. The van der Waals surface area contributed by atoms with E-state index in [1.165, 1.54) is 0 Å². The molecular formula is C14H15BrN2O. The molecule has 0 aliphatic rings. The minimum atomic E-state index is -0.453. The first-order valence-corrected chi connectivity index (χ1v) is 6.56. The molecule has 94 valence electrons. The molecule has 3 N–H and O–H groups in total. The maximum absolute atomic E-state index is 10.1. The van der Waals surface area contributed by atoms with Crippen molar-refractivity contribution >= 4 is 21.7 Å². The predicted molar refractivity (Wildman–Crippen MR) is 76.2 cm³/mol. The third-order valence-corrected chi connectivity index (χ3v) is 3.24. The highest BCUT2D eigenvalue weighted by Gasteiger charge is 2.09. The second-order valence-electron chi connectivity index (χ2n) is 4.24. The van der Waals surface area contributed by atoms with E-state index >= 15 is 0 Å². The number of aliphatic hydroxyl groups excluding tert-OH is 1. The van der Waals surface area contributed by atoms with Gasteiger partial charge in [0, 0.05) is 17.1 Å². The largest absolute Gasteiger partial charge is 0.392 e. The molecule has 0 saturated carbocycles. The van der Waals surface area contributed by atoms with Gasteiger partial charge in [0.25, 0.3) is 0 Å². The molecule has 1 aromatic carbocycles. The maximum atomic E-state index is 10.1. The van der Waals surface area contributed by atoms with Crippen molar-refractivity contribution in [2.75, 3.05) is 5.73 Å². The number of nitrogens with two attached hydrogens (primary N) is 1. The Morgan fingerprint density at radius 3 is 2.78 bits per heavy atom. The summed E-state index contributed by atoms with van der Waals surface area (Å²) in [5, 5.41) is 10.1. The number of aromatic nitrogens is 1. The van der Waals surface area contributed by atoms with Crippen LogP contribution in [0.2, 0.25) is 0 Å². The molecule has 0 aliphatic carbocycles. The average molecular weight is 307 g/mol. The molecule has 0 aliphatic heterocycles. The van der Waals surface area contributed by atoms with Gasteiger partial charge in [0.15, 0.2) is 0 Å². The van der Waals surface area contributed by atoms with E-state index in [9.17, 15) is 5.11 Å². The van der Waals surface area contributed by atoms with Crippen molar-refractivity contribution < 1.29 is 5.11 Å². The minimum absolute atomic E-state index is 0.453. The predicted octanol–water partition coefficient (Wildman–Crippen LogP) is 2.57. The number of hydrogen-bond acceptors (Lipinski definition) is 3. The van der Waals surface area contributed by atoms with Crippen LogP contribution in [0.1, 0.15) is 11.1 Å². The number of nitrogens with zero attached hydrogens (tertiary/aromatic N) is 1. The first kappa shape index (κ1) is 13.1. The van der Waals surface area contributed by atoms with E-state index in [0.29, 0.717) is 18.7 Å². The Morgan fingerprint density at radius 2 is 2.06 bits per heavy atom. The molecule has 1 aromatic heterocycles. The van der Waals surface area contributed by atoms with E-state index in [0.717, 1.165) is 15.6 Å². The monoisotopic (exact) mass is 306 g/mol. The zero-order valence-electron chi connectivity index (χ0n) is 9.88. The molecule has 0 spiro atoms. The summed E-state index contributed by atoms with van der Waals surface area (Å²) in [6, 6.07) is 11.7. The second kappa shape index (κ2) is 5.98. The Hall–Kier alpha value is -1.39. The molecular weight excluding hydrogens is 292 g/mol. The summed E-state index contributed by atoms with van der Waals surface area (Å²) in [6.45, 7) is 0. The summed E-state index contributed by atoms with van der Waals surface area (Å²) in [6.07, 6.45) is 2.32. The third-order valence-electron chi connectivity index (χ3n) is 2.74. The molecule has 1 unspecified atom stereocenters. The van der Waals surface area contributed by atoms with Gasteiger partial charge in [-0.15, -0.1) is 0 Å². The zero-order valence-corrected chi connectivity index (χ0v) is 11.5. The fourth-order valence-corrected chi connectivity index (χ4v) is 2.33. The highest BCUT2D eigenvalue weighted by Crippen LogP contribution is 2.16. The molecule has 0 amide bonds. The van der Waals surface area contributed by atoms with Gasteiger partial charge in [-0.3, -0.25) is 0 Å². The lowest BCUT2D eigenvalue weighted by atomic mass is 10.0. The molecule has 2 rings (SSSR count). The number of aliphatic hydroxyl groups is 1. The van der Waals surface area contributed by atoms with Crippen molar-refractivity contribution in [1.82, 2.24) is 4.98 Å². The molecule has 3 nitrogen and oxygen atoms in total. The zero-order chi connectivity index (χ0) is 13.0. The van der Waals surface area contributed by atoms with Crippen LogP contribution in [0.4, 0.5) is 5.82 Å². The van der Waals surface area contributed by atoms with Crippen LogP contribution in [0.3, 0.4) is 0 Å². The van der Waals surface area contributed by atoms with Crippen LogP contribution < -0.4 is 5.73 Å². The molecule has 1 atom stereocenters. The highest BCUT2D eigenvalue weighted by molar-refractivity contribution is 9.10. The van der Waals surface area contributed by atoms with Crippen molar-refractivity contribution in [3.05, 3.63) is 58.2 Å². The first-order valence-electron chi connectivity index (χ1n) is 5.77. The van der Waals surface area contributed by atoms with Gasteiger partial charge in [-0.05, 0) is 35.7 Å². The summed E-state index contributed by atoms with van der Waals surface area (Å²) < 4.78 is 1.02. The molecule has 0 saturated heterocycles. The van der Waals surface area contributed by atoms with Gasteiger partial charge in [0.1, 0.15) is 5.82 Å². The molecule has 18 heavy (non-hydrogen) atoms. The quantitative estimate of drug-likeness (QED) is 0.912. The smallest absolute Gasteiger partial charge is 0.126 e. The Labute approximate surface area is 115 Å². The number of nitrogen functional groups attached to an aromatic ring is 1. The number of benzene rings is 1. The van der Waals surface area contributed by atoms with Gasteiger partial charge in [0.2, 0.25) is 0 Å². The van der Waals surface area contributed by atoms with Gasteiger partial charge in [0.05, 0.1) is 6.10 Å². The van der Waals surface area contributed by atoms with E-state index in [1.807, 2.05) is 36.4 Å². The second-order valence-corrected chi connectivity index (χ2v) is 5.16. The van der Waals surface area contributed by atoms with Crippen LogP contribution in [0.15, 0.2) is 47.1 Å². The topological polar surface area (TPSA) is 59.1 Å². The normalized spacial score (nSPS) is 12.3. The van der Waals surface area contributed by atoms with Crippen molar-refractivity contribution in [3.8, 4) is 0 Å². The summed E-state index contributed by atoms with van der Waals surface area (Å²) >= 11 is 3.42. The Balaban J connectivity index is 2.01. The van der Waals surface area contributed by atoms with Crippen LogP contribution in [0.25, 0.3) is 0 Å². The fraction of sp³-hybridized carbons (Fsp3) is 0.214. The molecule has 0 bridgehead atoms. The summed E-state index contributed by atoms with van der Waals surface area (Å²) in [5.74, 6) is 0.491. The Bertz CT molecular complexity index is 531. The van der Waals surface area contributed by atoms with E-state index in [1.54, 1.807) is 6.20 Å². The molecule has 2 aromatic rings. The average Bonchev–Trinajstić information content (AvgIpc) is 2.32. The SMILES string of the molecule is Nc1ncccc1CC(O)Cc1cccc(Br)c1. The van der Waals surface area contributed by atoms with E-state index in [2.05, 4.69) is 20.9 Å². The van der Waals surface area contributed by atoms with Crippen LogP contribution in [0.5, 0.6) is 0 Å². The minimum Gasteiger partial charge on any atom is -0.392 e. The Morgan fingerprint density at radius 1 is 1.22 bits per heavy atom. The van der Waals surface area contributed by atoms with E-state index in [-0.39, 0.29) is 0 Å². The van der Waals surface area contributed by atoms with Gasteiger partial charge in [-0.1, -0.05) is 34.1 Å². The van der Waals surface area contributed by atoms with Crippen molar-refractivity contribution in [1.29, 1.82) is 0 Å². The maximum Gasteiger partial charge on any atom is 0.126 e. The highest BCUT2D eigenvalue weighted by atomic mass is 79.9. The van der Waals surface area contributed by atoms with Gasteiger partial charge in [-0.2, -0.15) is 0 Å². The van der Waals surface area contributed by atoms with Gasteiger partial charge in [-0.25, -0.2) is 4.98 Å². The summed E-state index contributed by atoms with van der Waals surface area (Å²) in [7, 11) is 0. The van der Waals surface area contributed by atoms with Crippen LogP contribution >= 0.6 is 15.9 Å². The van der Waals surface area contributed by atoms with Crippen LogP contribution in [-0.2, 0) is 12.8 Å². The molecule has 0 fully saturated rings. The number of rotatable bonds is 4. The van der Waals surface area contributed by atoms with Crippen molar-refractivity contribution in [2.24, 2.45) is 0 Å². The molecule has 0 radical (unpaired) electrons. The van der Waals surface area contributed by atoms with Gasteiger partial charge >= 0.3 is 0 Å². The lowest BCUT2D eigenvalue weighted by Gasteiger charge is -2.12. The van der Waals surface area contributed by atoms with Crippen molar-refractivity contribution in [2.45, 2.75) is 18.9 Å². The van der Waals surface area contributed by atoms with E-state index < -0.39 is 6.10 Å². The van der Waals surface area contributed by atoms with Gasteiger partial charge < -0.3 is 10.8 Å². The summed E-state index contributed by atoms with van der Waals surface area (Å²) in [4.78, 5) is 4.01. The Kier molecular flexibility index (Phi) is 4.33. The van der Waals surface area contributed by atoms with E-state index in [4.69, 9.17) is 5.73 Å². The number of anilines is 1. The standard InChI is InChI=1S/C14H15BrN2O/c15-12-5-1-3-10(7-12)8-13(18)9-11-4-2-6-17-14(11)16/h1-7,13,18H,8-9H2,(H2,16,17). The molecule has 4 heteroatoms. The lowest BCUT2D eigenvalue weighted by molar-refractivity contribution is 0.175. The number of hydrogen-bond donors (Lipinski definition) is 2. The van der Waals surface area contributed by atoms with Crippen LogP contribution in [0, 0.1) is 0 Å². The van der Waals surface area contributed by atoms with Crippen molar-refractivity contribution in [3.63, 3.8) is 0 Å². The summed E-state index contributed by atoms with van der Waals surface area (Å²) in [5.41, 5.74) is 7.74. The third kappa shape index (κ3) is 3.55. The number of halogens is 1. The number of pyridine rings is 1. The lowest BCUT2D eigenvalue weighted by Crippen LogP contribution is -2.15. The molecule has 1 heterocycles. The van der Waals surface area contributed by atoms with Crippen LogP contribution in [-0.4, -0.2) is 16.2 Å². The fourth-order valence-electron chi connectivity index (χ4n) is 1.89.